The number of aromatic amines is 1. The maximum absolute atomic E-state index is 11.5. The Bertz CT molecular complexity index is 596. The first-order valence-electron chi connectivity index (χ1n) is 5.04. The Morgan fingerprint density at radius 2 is 2.28 bits per heavy atom. The zero-order valence-electron chi connectivity index (χ0n) is 9.41. The van der Waals surface area contributed by atoms with E-state index in [0.29, 0.717) is 15.6 Å². The topological polar surface area (TPSA) is 88.9 Å². The normalized spacial score (nSPS) is 10.3. The third-order valence-electron chi connectivity index (χ3n) is 2.23. The maximum atomic E-state index is 11.5. The molecular formula is C11H9N3O3S. The second-order valence-corrected chi connectivity index (χ2v) is 4.52. The van der Waals surface area contributed by atoms with Gasteiger partial charge < -0.3 is 4.98 Å². The Hall–Kier alpha value is -2.15. The van der Waals surface area contributed by atoms with Crippen LogP contribution >= 0.6 is 11.8 Å². The van der Waals surface area contributed by atoms with Crippen LogP contribution in [0.25, 0.3) is 0 Å². The first kappa shape index (κ1) is 12.3. The van der Waals surface area contributed by atoms with Gasteiger partial charge in [0.1, 0.15) is 0 Å². The number of benzene rings is 1. The van der Waals surface area contributed by atoms with Gasteiger partial charge in [0.05, 0.1) is 4.92 Å². The summed E-state index contributed by atoms with van der Waals surface area (Å²) >= 11 is 1.26. The van der Waals surface area contributed by atoms with Gasteiger partial charge in [0.25, 0.3) is 5.69 Å². The summed E-state index contributed by atoms with van der Waals surface area (Å²) in [5.41, 5.74) is 0.231. The van der Waals surface area contributed by atoms with Crippen LogP contribution in [-0.4, -0.2) is 20.7 Å². The molecule has 0 unspecified atom stereocenters. The van der Waals surface area contributed by atoms with E-state index in [1.807, 2.05) is 0 Å². The number of H-pyrrole nitrogens is 1. The van der Waals surface area contributed by atoms with Crippen LogP contribution in [-0.2, 0) is 0 Å². The Morgan fingerprint density at radius 3 is 2.83 bits per heavy atom. The van der Waals surface area contributed by atoms with Crippen molar-refractivity contribution in [2.75, 3.05) is 0 Å². The molecule has 6 nitrogen and oxygen atoms in total. The van der Waals surface area contributed by atoms with E-state index in [2.05, 4.69) is 9.97 Å². The molecule has 0 aliphatic heterocycles. The van der Waals surface area contributed by atoms with E-state index in [1.165, 1.54) is 30.8 Å². The van der Waals surface area contributed by atoms with Crippen LogP contribution in [0.15, 0.2) is 40.6 Å². The number of nitro groups is 1. The van der Waals surface area contributed by atoms with Crippen molar-refractivity contribution in [1.82, 2.24) is 9.97 Å². The van der Waals surface area contributed by atoms with Crippen molar-refractivity contribution in [2.24, 2.45) is 0 Å². The molecule has 0 atom stereocenters. The number of Topliss-reactive ketones (excluding diaryl/α,β-unsaturated/α-hetero) is 1. The number of imidazole rings is 1. The number of carbonyl (C=O) groups is 1. The molecule has 0 radical (unpaired) electrons. The molecule has 1 aromatic carbocycles. The number of hydrogen-bond donors (Lipinski definition) is 1. The predicted molar refractivity (Wildman–Crippen MR) is 65.8 cm³/mol. The molecule has 1 aromatic heterocycles. The van der Waals surface area contributed by atoms with Crippen LogP contribution in [0.3, 0.4) is 0 Å². The number of rotatable bonds is 4. The quantitative estimate of drug-likeness (QED) is 0.520. The van der Waals surface area contributed by atoms with E-state index in [9.17, 15) is 14.9 Å². The lowest BCUT2D eigenvalue weighted by Gasteiger charge is -2.04. The van der Waals surface area contributed by atoms with Crippen molar-refractivity contribution >= 4 is 23.2 Å². The van der Waals surface area contributed by atoms with Gasteiger partial charge in [-0.25, -0.2) is 4.98 Å². The van der Waals surface area contributed by atoms with Crippen molar-refractivity contribution in [2.45, 2.75) is 17.0 Å². The third-order valence-corrected chi connectivity index (χ3v) is 3.23. The van der Waals surface area contributed by atoms with Gasteiger partial charge in [-0.2, -0.15) is 0 Å². The van der Waals surface area contributed by atoms with Gasteiger partial charge >= 0.3 is 0 Å². The van der Waals surface area contributed by atoms with Crippen molar-refractivity contribution in [1.29, 1.82) is 0 Å². The molecule has 92 valence electrons. The van der Waals surface area contributed by atoms with Gasteiger partial charge in [0.2, 0.25) is 0 Å². The number of ketones is 1. The van der Waals surface area contributed by atoms with Gasteiger partial charge in [-0.3, -0.25) is 14.9 Å². The summed E-state index contributed by atoms with van der Waals surface area (Å²) in [7, 11) is 0. The number of nitrogens with one attached hydrogen (secondary N) is 1. The fourth-order valence-corrected chi connectivity index (χ4v) is 2.30. The largest absolute Gasteiger partial charge is 0.339 e. The minimum atomic E-state index is -0.520. The molecule has 0 spiro atoms. The Kier molecular flexibility index (Phi) is 3.42. The van der Waals surface area contributed by atoms with Crippen LogP contribution in [0.5, 0.6) is 0 Å². The number of carbonyl (C=O) groups excluding carboxylic acids is 1. The molecule has 0 bridgehead atoms. The third kappa shape index (κ3) is 2.57. The molecule has 1 N–H and O–H groups in total. The zero-order valence-corrected chi connectivity index (χ0v) is 10.2. The summed E-state index contributed by atoms with van der Waals surface area (Å²) in [5.74, 6) is -0.215. The van der Waals surface area contributed by atoms with E-state index < -0.39 is 4.92 Å². The molecule has 0 saturated heterocycles. The first-order valence-corrected chi connectivity index (χ1v) is 5.86. The van der Waals surface area contributed by atoms with Crippen molar-refractivity contribution in [3.05, 3.63) is 46.3 Å². The van der Waals surface area contributed by atoms with E-state index in [1.54, 1.807) is 18.5 Å². The highest BCUT2D eigenvalue weighted by Crippen LogP contribution is 2.30. The maximum Gasteiger partial charge on any atom is 0.270 e. The average molecular weight is 263 g/mol. The van der Waals surface area contributed by atoms with E-state index in [0.717, 1.165) is 0 Å². The lowest BCUT2D eigenvalue weighted by molar-refractivity contribution is -0.384. The Balaban J connectivity index is 2.40. The van der Waals surface area contributed by atoms with Gasteiger partial charge in [0.15, 0.2) is 10.9 Å². The molecule has 0 aliphatic rings. The van der Waals surface area contributed by atoms with Crippen LogP contribution in [0, 0.1) is 10.1 Å². The number of non-ortho nitro benzene ring substituents is 1. The second-order valence-electron chi connectivity index (χ2n) is 3.49. The number of aromatic nitrogens is 2. The Morgan fingerprint density at radius 1 is 1.50 bits per heavy atom. The SMILES string of the molecule is CC(=O)c1cc([N+](=O)[O-])ccc1Sc1ncc[nH]1. The molecule has 2 rings (SSSR count). The summed E-state index contributed by atoms with van der Waals surface area (Å²) in [6, 6.07) is 4.22. The smallest absolute Gasteiger partial charge is 0.270 e. The standard InChI is InChI=1S/C11H9N3O3S/c1-7(15)9-6-8(14(16)17)2-3-10(9)18-11-12-4-5-13-11/h2-6H,1H3,(H,12,13). The summed E-state index contributed by atoms with van der Waals surface area (Å²) in [5, 5.41) is 11.3. The highest BCUT2D eigenvalue weighted by atomic mass is 32.2. The Labute approximate surface area is 107 Å². The van der Waals surface area contributed by atoms with Gasteiger partial charge in [-0.1, -0.05) is 11.8 Å². The highest BCUT2D eigenvalue weighted by molar-refractivity contribution is 7.99. The van der Waals surface area contributed by atoms with E-state index in [-0.39, 0.29) is 11.5 Å². The number of hydrogen-bond acceptors (Lipinski definition) is 5. The molecule has 0 amide bonds. The molecule has 18 heavy (non-hydrogen) atoms. The lowest BCUT2D eigenvalue weighted by Crippen LogP contribution is -1.98. The molecule has 2 aromatic rings. The minimum absolute atomic E-state index is 0.0935. The number of nitrogens with zero attached hydrogens (tertiary/aromatic N) is 2. The van der Waals surface area contributed by atoms with Gasteiger partial charge in [-0.05, 0) is 13.0 Å². The first-order chi connectivity index (χ1) is 8.58. The van der Waals surface area contributed by atoms with Crippen LogP contribution in [0.4, 0.5) is 5.69 Å². The molecule has 0 saturated carbocycles. The fourth-order valence-electron chi connectivity index (χ4n) is 1.41. The highest BCUT2D eigenvalue weighted by Gasteiger charge is 2.15. The molecule has 7 heteroatoms. The van der Waals surface area contributed by atoms with Crippen LogP contribution in [0.1, 0.15) is 17.3 Å². The molecule has 1 heterocycles. The van der Waals surface area contributed by atoms with E-state index >= 15 is 0 Å². The van der Waals surface area contributed by atoms with Crippen LogP contribution < -0.4 is 0 Å². The summed E-state index contributed by atoms with van der Waals surface area (Å²) in [4.78, 5) is 29.2. The summed E-state index contributed by atoms with van der Waals surface area (Å²) in [6.45, 7) is 1.38. The van der Waals surface area contributed by atoms with Crippen molar-refractivity contribution in [3.8, 4) is 0 Å². The summed E-state index contributed by atoms with van der Waals surface area (Å²) < 4.78 is 0. The lowest BCUT2D eigenvalue weighted by atomic mass is 10.1. The average Bonchev–Trinajstić information content (AvgIpc) is 2.81. The zero-order chi connectivity index (χ0) is 13.1. The van der Waals surface area contributed by atoms with Crippen molar-refractivity contribution in [3.63, 3.8) is 0 Å². The second kappa shape index (κ2) is 5.01. The molecular weight excluding hydrogens is 254 g/mol. The fraction of sp³-hybridized carbons (Fsp3) is 0.0909. The number of nitro benzene ring substituents is 1. The molecule has 0 aliphatic carbocycles. The monoisotopic (exact) mass is 263 g/mol. The molecule has 0 fully saturated rings. The predicted octanol–water partition coefficient (Wildman–Crippen LogP) is 2.67. The minimum Gasteiger partial charge on any atom is -0.339 e. The van der Waals surface area contributed by atoms with Crippen molar-refractivity contribution < 1.29 is 9.72 Å². The van der Waals surface area contributed by atoms with Crippen LogP contribution in [0.2, 0.25) is 0 Å². The van der Waals surface area contributed by atoms with E-state index in [4.69, 9.17) is 0 Å². The summed E-state index contributed by atoms with van der Waals surface area (Å²) in [6.07, 6.45) is 3.27. The van der Waals surface area contributed by atoms with Gasteiger partial charge in [0, 0.05) is 35.0 Å². The van der Waals surface area contributed by atoms with Gasteiger partial charge in [-0.15, -0.1) is 0 Å².